The van der Waals surface area contributed by atoms with Gasteiger partial charge in [-0.2, -0.15) is 16.1 Å². The van der Waals surface area contributed by atoms with Gasteiger partial charge in [-0.3, -0.25) is 4.79 Å². The lowest BCUT2D eigenvalue weighted by atomic mass is 10.0. The van der Waals surface area contributed by atoms with Crippen molar-refractivity contribution in [1.82, 2.24) is 14.2 Å². The number of hydrogen-bond donors (Lipinski definition) is 1. The molecule has 8 heteroatoms. The van der Waals surface area contributed by atoms with Crippen molar-refractivity contribution in [3.63, 3.8) is 0 Å². The summed E-state index contributed by atoms with van der Waals surface area (Å²) in [5.74, 6) is 1.95. The van der Waals surface area contributed by atoms with Crippen LogP contribution in [-0.4, -0.2) is 65.7 Å². The molecular weight excluding hydrogens is 346 g/mol. The van der Waals surface area contributed by atoms with Crippen LogP contribution in [0.15, 0.2) is 17.2 Å². The number of hydrogen-bond acceptors (Lipinski definition) is 4. The zero-order chi connectivity index (χ0) is 17.3. The number of amides is 1. The van der Waals surface area contributed by atoms with Crippen molar-refractivity contribution in [3.05, 3.63) is 18.0 Å². The highest BCUT2D eigenvalue weighted by Crippen LogP contribution is 2.27. The lowest BCUT2D eigenvalue weighted by Gasteiger charge is -2.27. The van der Waals surface area contributed by atoms with E-state index in [1.807, 2.05) is 4.90 Å². The number of H-pyrrole nitrogens is 1. The van der Waals surface area contributed by atoms with E-state index < -0.39 is 10.0 Å². The molecule has 1 amide bonds. The second-order valence-corrected chi connectivity index (χ2v) is 9.88. The van der Waals surface area contributed by atoms with Crippen molar-refractivity contribution in [2.45, 2.75) is 37.6 Å². The van der Waals surface area contributed by atoms with Gasteiger partial charge in [0.1, 0.15) is 10.6 Å². The summed E-state index contributed by atoms with van der Waals surface area (Å²) in [6, 6.07) is 1.73. The number of nitrogens with one attached hydrogen (secondary N) is 1. The fourth-order valence-electron chi connectivity index (χ4n) is 3.48. The number of nitrogens with zero attached hydrogens (tertiary/aromatic N) is 2. The number of thioether (sulfide) groups is 1. The Balaban J connectivity index is 1.79. The fourth-order valence-corrected chi connectivity index (χ4v) is 6.05. The average Bonchev–Trinajstić information content (AvgIpc) is 3.24. The first-order valence-corrected chi connectivity index (χ1v) is 11.1. The van der Waals surface area contributed by atoms with Crippen LogP contribution in [0.3, 0.4) is 0 Å². The molecule has 2 aliphatic heterocycles. The lowest BCUT2D eigenvalue weighted by Crippen LogP contribution is -2.38. The summed E-state index contributed by atoms with van der Waals surface area (Å²) < 4.78 is 26.9. The zero-order valence-corrected chi connectivity index (χ0v) is 15.8. The number of likely N-dealkylation sites (tertiary alicyclic amines) is 1. The molecule has 1 aromatic rings. The Morgan fingerprint density at radius 3 is 2.67 bits per heavy atom. The molecule has 24 heavy (non-hydrogen) atoms. The van der Waals surface area contributed by atoms with Gasteiger partial charge in [0.25, 0.3) is 5.91 Å². The Kier molecular flexibility index (Phi) is 5.27. The first-order chi connectivity index (χ1) is 11.4. The monoisotopic (exact) mass is 371 g/mol. The number of rotatable bonds is 4. The summed E-state index contributed by atoms with van der Waals surface area (Å²) in [6.07, 6.45) is 3.47. The second kappa shape index (κ2) is 7.09. The molecule has 2 aliphatic rings. The SMILES string of the molecule is CC(C)C1CCCN1C(=O)c1cc(S(=O)(=O)N2CCSCC2)c[nH]1. The summed E-state index contributed by atoms with van der Waals surface area (Å²) >= 11 is 1.77. The predicted molar refractivity (Wildman–Crippen MR) is 95.8 cm³/mol. The van der Waals surface area contributed by atoms with Crippen LogP contribution in [0.2, 0.25) is 0 Å². The highest BCUT2D eigenvalue weighted by molar-refractivity contribution is 7.99. The van der Waals surface area contributed by atoms with Gasteiger partial charge in [-0.15, -0.1) is 0 Å². The number of carbonyl (C=O) groups is 1. The molecule has 0 bridgehead atoms. The van der Waals surface area contributed by atoms with Gasteiger partial charge in [-0.25, -0.2) is 8.42 Å². The summed E-state index contributed by atoms with van der Waals surface area (Å²) in [5, 5.41) is 0. The smallest absolute Gasteiger partial charge is 0.270 e. The van der Waals surface area contributed by atoms with Gasteiger partial charge in [-0.05, 0) is 24.8 Å². The maximum atomic E-state index is 12.8. The fraction of sp³-hybridized carbons (Fsp3) is 0.688. The number of carbonyl (C=O) groups excluding carboxylic acids is 1. The largest absolute Gasteiger partial charge is 0.356 e. The van der Waals surface area contributed by atoms with Gasteiger partial charge < -0.3 is 9.88 Å². The van der Waals surface area contributed by atoms with Crippen LogP contribution in [0, 0.1) is 5.92 Å². The normalized spacial score (nSPS) is 23.1. The molecule has 3 heterocycles. The molecule has 6 nitrogen and oxygen atoms in total. The Morgan fingerprint density at radius 1 is 1.29 bits per heavy atom. The Labute approximate surface area is 148 Å². The summed E-state index contributed by atoms with van der Waals surface area (Å²) in [7, 11) is -3.51. The first kappa shape index (κ1) is 17.8. The van der Waals surface area contributed by atoms with Crippen molar-refractivity contribution in [3.8, 4) is 0 Å². The quantitative estimate of drug-likeness (QED) is 0.879. The van der Waals surface area contributed by atoms with Crippen LogP contribution in [0.5, 0.6) is 0 Å². The van der Waals surface area contributed by atoms with Crippen molar-refractivity contribution in [2.24, 2.45) is 5.92 Å². The Bertz CT molecular complexity index is 693. The minimum absolute atomic E-state index is 0.0955. The Hall–Kier alpha value is -0.990. The van der Waals surface area contributed by atoms with Gasteiger partial charge >= 0.3 is 0 Å². The number of aromatic nitrogens is 1. The van der Waals surface area contributed by atoms with Crippen molar-refractivity contribution in [1.29, 1.82) is 0 Å². The number of sulfonamides is 1. The van der Waals surface area contributed by atoms with E-state index in [-0.39, 0.29) is 16.8 Å². The van der Waals surface area contributed by atoms with Crippen LogP contribution in [0.4, 0.5) is 0 Å². The average molecular weight is 372 g/mol. The Morgan fingerprint density at radius 2 is 2.00 bits per heavy atom. The summed E-state index contributed by atoms with van der Waals surface area (Å²) in [4.78, 5) is 17.7. The predicted octanol–water partition coefficient (Wildman–Crippen LogP) is 2.01. The summed E-state index contributed by atoms with van der Waals surface area (Å²) in [6.45, 7) is 6.04. The van der Waals surface area contributed by atoms with Gasteiger partial charge in [0.05, 0.1) is 0 Å². The number of aromatic amines is 1. The van der Waals surface area contributed by atoms with E-state index in [4.69, 9.17) is 0 Å². The molecule has 1 aromatic heterocycles. The van der Waals surface area contributed by atoms with Crippen molar-refractivity contribution < 1.29 is 13.2 Å². The molecule has 1 unspecified atom stereocenters. The molecule has 1 atom stereocenters. The lowest BCUT2D eigenvalue weighted by molar-refractivity contribution is 0.0696. The first-order valence-electron chi connectivity index (χ1n) is 8.48. The highest BCUT2D eigenvalue weighted by atomic mass is 32.2. The van der Waals surface area contributed by atoms with E-state index in [0.29, 0.717) is 24.7 Å². The van der Waals surface area contributed by atoms with Crippen molar-refractivity contribution >= 4 is 27.7 Å². The van der Waals surface area contributed by atoms with Gasteiger partial charge in [0.2, 0.25) is 10.0 Å². The second-order valence-electron chi connectivity index (χ2n) is 6.72. The van der Waals surface area contributed by atoms with Gasteiger partial charge in [0, 0.05) is 43.4 Å². The van der Waals surface area contributed by atoms with Crippen molar-refractivity contribution in [2.75, 3.05) is 31.1 Å². The van der Waals surface area contributed by atoms with E-state index in [1.165, 1.54) is 16.6 Å². The van der Waals surface area contributed by atoms with Crippen LogP contribution in [0.25, 0.3) is 0 Å². The summed E-state index contributed by atoms with van der Waals surface area (Å²) in [5.41, 5.74) is 0.368. The van der Waals surface area contributed by atoms with Gasteiger partial charge in [-0.1, -0.05) is 13.8 Å². The zero-order valence-electron chi connectivity index (χ0n) is 14.2. The minimum atomic E-state index is -3.51. The molecule has 134 valence electrons. The van der Waals surface area contributed by atoms with E-state index in [2.05, 4.69) is 18.8 Å². The van der Waals surface area contributed by atoms with Crippen LogP contribution in [0.1, 0.15) is 37.2 Å². The molecule has 0 spiro atoms. The van der Waals surface area contributed by atoms with E-state index in [9.17, 15) is 13.2 Å². The maximum absolute atomic E-state index is 12.8. The molecule has 0 aliphatic carbocycles. The molecule has 0 radical (unpaired) electrons. The van der Waals surface area contributed by atoms with E-state index >= 15 is 0 Å². The molecular formula is C16H25N3O3S2. The minimum Gasteiger partial charge on any atom is -0.356 e. The third-order valence-electron chi connectivity index (χ3n) is 4.82. The third-order valence-corrected chi connectivity index (χ3v) is 7.64. The standard InChI is InChI=1S/C16H25N3O3S2/c1-12(2)15-4-3-5-19(15)16(20)14-10-13(11-17-14)24(21,22)18-6-8-23-9-7-18/h10-12,15,17H,3-9H2,1-2H3. The molecule has 1 N–H and O–H groups in total. The molecule has 2 saturated heterocycles. The molecule has 0 aromatic carbocycles. The van der Waals surface area contributed by atoms with E-state index in [0.717, 1.165) is 30.9 Å². The maximum Gasteiger partial charge on any atom is 0.270 e. The van der Waals surface area contributed by atoms with Gasteiger partial charge in [0.15, 0.2) is 0 Å². The molecule has 3 rings (SSSR count). The molecule has 2 fully saturated rings. The van der Waals surface area contributed by atoms with Crippen LogP contribution < -0.4 is 0 Å². The third kappa shape index (κ3) is 3.36. The highest BCUT2D eigenvalue weighted by Gasteiger charge is 2.33. The van der Waals surface area contributed by atoms with E-state index in [1.54, 1.807) is 11.8 Å². The topological polar surface area (TPSA) is 73.5 Å². The van der Waals surface area contributed by atoms with Crippen LogP contribution >= 0.6 is 11.8 Å². The van der Waals surface area contributed by atoms with Crippen LogP contribution in [-0.2, 0) is 10.0 Å². The molecule has 0 saturated carbocycles.